The van der Waals surface area contributed by atoms with Crippen LogP contribution in [0.4, 0.5) is 5.69 Å². The molecule has 3 rings (SSSR count). The van der Waals surface area contributed by atoms with Crippen molar-refractivity contribution in [1.29, 1.82) is 0 Å². The molecular formula is C23H25NO4. The van der Waals surface area contributed by atoms with Crippen LogP contribution in [0.3, 0.4) is 0 Å². The lowest BCUT2D eigenvalue weighted by atomic mass is 10.1. The van der Waals surface area contributed by atoms with Gasteiger partial charge in [-0.05, 0) is 62.6 Å². The Balaban J connectivity index is 1.60. The largest absolute Gasteiger partial charge is 0.490 e. The van der Waals surface area contributed by atoms with Crippen LogP contribution in [-0.4, -0.2) is 24.9 Å². The average molecular weight is 379 g/mol. The first-order valence-corrected chi connectivity index (χ1v) is 9.53. The Labute approximate surface area is 165 Å². The van der Waals surface area contributed by atoms with Crippen molar-refractivity contribution in [2.75, 3.05) is 18.5 Å². The smallest absolute Gasteiger partial charge is 0.262 e. The molecule has 0 saturated heterocycles. The fraction of sp³-hybridized carbons (Fsp3) is 0.304. The topological polar surface area (TPSA) is 64.6 Å². The van der Waals surface area contributed by atoms with E-state index >= 15 is 0 Å². The molecule has 1 fully saturated rings. The van der Waals surface area contributed by atoms with E-state index in [1.165, 1.54) is 0 Å². The maximum atomic E-state index is 12.1. The second-order valence-electron chi connectivity index (χ2n) is 6.85. The summed E-state index contributed by atoms with van der Waals surface area (Å²) in [5.41, 5.74) is 2.71. The zero-order chi connectivity index (χ0) is 19.9. The maximum Gasteiger partial charge on any atom is 0.262 e. The number of hydrogen-bond acceptors (Lipinski definition) is 4. The van der Waals surface area contributed by atoms with E-state index in [-0.39, 0.29) is 24.2 Å². The first kappa shape index (κ1) is 19.7. The Hall–Kier alpha value is -3.08. The van der Waals surface area contributed by atoms with E-state index in [4.69, 9.17) is 9.47 Å². The van der Waals surface area contributed by atoms with Gasteiger partial charge >= 0.3 is 0 Å². The van der Waals surface area contributed by atoms with E-state index in [1.807, 2.05) is 50.2 Å². The zero-order valence-corrected chi connectivity index (χ0v) is 16.2. The minimum absolute atomic E-state index is 0.122. The highest BCUT2D eigenvalue weighted by Crippen LogP contribution is 2.31. The molecule has 0 heterocycles. The molecule has 1 saturated carbocycles. The number of carbonyl (C=O) groups is 2. The van der Waals surface area contributed by atoms with Crippen LogP contribution in [0.25, 0.3) is 6.08 Å². The van der Waals surface area contributed by atoms with Gasteiger partial charge < -0.3 is 14.8 Å². The Morgan fingerprint density at radius 1 is 1.07 bits per heavy atom. The Bertz CT molecular complexity index is 867. The maximum absolute atomic E-state index is 12.1. The van der Waals surface area contributed by atoms with Crippen molar-refractivity contribution >= 4 is 23.5 Å². The number of benzene rings is 2. The quantitative estimate of drug-likeness (QED) is 0.656. The van der Waals surface area contributed by atoms with Gasteiger partial charge in [-0.15, -0.1) is 0 Å². The van der Waals surface area contributed by atoms with Crippen molar-refractivity contribution in [3.63, 3.8) is 0 Å². The molecule has 0 aliphatic heterocycles. The van der Waals surface area contributed by atoms with Crippen LogP contribution >= 0.6 is 0 Å². The minimum Gasteiger partial charge on any atom is -0.490 e. The molecular weight excluding hydrogens is 354 g/mol. The predicted molar refractivity (Wildman–Crippen MR) is 110 cm³/mol. The molecule has 1 N–H and O–H groups in total. The lowest BCUT2D eigenvalue weighted by Crippen LogP contribution is -2.20. The van der Waals surface area contributed by atoms with Crippen molar-refractivity contribution in [2.24, 2.45) is 5.92 Å². The monoisotopic (exact) mass is 379 g/mol. The van der Waals surface area contributed by atoms with Crippen LogP contribution < -0.4 is 14.8 Å². The summed E-state index contributed by atoms with van der Waals surface area (Å²) < 4.78 is 11.3. The molecule has 0 aromatic heterocycles. The molecule has 0 spiro atoms. The SMILES string of the molecule is CCOc1cc(/C=C/C(=O)C2CC2)ccc1OCC(=O)Nc1ccc(C)cc1. The van der Waals surface area contributed by atoms with Crippen LogP contribution in [0.1, 0.15) is 30.9 Å². The van der Waals surface area contributed by atoms with Gasteiger partial charge in [0.1, 0.15) is 0 Å². The van der Waals surface area contributed by atoms with Crippen molar-refractivity contribution in [3.05, 3.63) is 59.7 Å². The second kappa shape index (κ2) is 9.22. The van der Waals surface area contributed by atoms with Gasteiger partial charge in [0.15, 0.2) is 23.9 Å². The highest BCUT2D eigenvalue weighted by Gasteiger charge is 2.27. The van der Waals surface area contributed by atoms with Gasteiger partial charge in [0.05, 0.1) is 6.61 Å². The Kier molecular flexibility index (Phi) is 6.48. The van der Waals surface area contributed by atoms with Gasteiger partial charge in [-0.2, -0.15) is 0 Å². The molecule has 0 unspecified atom stereocenters. The molecule has 0 radical (unpaired) electrons. The van der Waals surface area contributed by atoms with Gasteiger partial charge in [-0.1, -0.05) is 29.8 Å². The van der Waals surface area contributed by atoms with E-state index in [0.29, 0.717) is 18.1 Å². The number of ether oxygens (including phenoxy) is 2. The fourth-order valence-corrected chi connectivity index (χ4v) is 2.68. The summed E-state index contributed by atoms with van der Waals surface area (Å²) in [4.78, 5) is 23.9. The third kappa shape index (κ3) is 5.71. The lowest BCUT2D eigenvalue weighted by molar-refractivity contribution is -0.118. The summed E-state index contributed by atoms with van der Waals surface area (Å²) in [6.07, 6.45) is 5.39. The number of amides is 1. The molecule has 0 bridgehead atoms. The summed E-state index contributed by atoms with van der Waals surface area (Å²) in [5.74, 6) is 1.17. The van der Waals surface area contributed by atoms with Gasteiger partial charge in [-0.3, -0.25) is 9.59 Å². The van der Waals surface area contributed by atoms with Gasteiger partial charge in [0, 0.05) is 11.6 Å². The number of anilines is 1. The van der Waals surface area contributed by atoms with E-state index in [0.717, 1.165) is 29.7 Å². The molecule has 5 nitrogen and oxygen atoms in total. The van der Waals surface area contributed by atoms with Gasteiger partial charge in [0.2, 0.25) is 0 Å². The highest BCUT2D eigenvalue weighted by atomic mass is 16.5. The van der Waals surface area contributed by atoms with E-state index in [2.05, 4.69) is 5.32 Å². The number of rotatable bonds is 9. The molecule has 1 aliphatic rings. The normalized spacial score (nSPS) is 13.4. The number of carbonyl (C=O) groups excluding carboxylic acids is 2. The standard InChI is InChI=1S/C23H25NO4/c1-3-27-22-14-17(6-12-20(25)18-8-9-18)7-13-21(22)28-15-23(26)24-19-10-4-16(2)5-11-19/h4-7,10-14,18H,3,8-9,15H2,1-2H3,(H,24,26)/b12-6+. The number of aryl methyl sites for hydroxylation is 1. The number of ketones is 1. The van der Waals surface area contributed by atoms with Crippen molar-refractivity contribution in [2.45, 2.75) is 26.7 Å². The first-order valence-electron chi connectivity index (χ1n) is 9.53. The number of hydrogen-bond donors (Lipinski definition) is 1. The van der Waals surface area contributed by atoms with Gasteiger partial charge in [-0.25, -0.2) is 0 Å². The van der Waals surface area contributed by atoms with E-state index < -0.39 is 0 Å². The molecule has 1 aliphatic carbocycles. The van der Waals surface area contributed by atoms with Crippen LogP contribution in [0, 0.1) is 12.8 Å². The molecule has 2 aromatic rings. The number of nitrogens with one attached hydrogen (secondary N) is 1. The van der Waals surface area contributed by atoms with Crippen LogP contribution in [0.2, 0.25) is 0 Å². The van der Waals surface area contributed by atoms with Crippen molar-refractivity contribution in [1.82, 2.24) is 0 Å². The molecule has 28 heavy (non-hydrogen) atoms. The summed E-state index contributed by atoms with van der Waals surface area (Å²) >= 11 is 0. The average Bonchev–Trinajstić information content (AvgIpc) is 3.53. The summed E-state index contributed by atoms with van der Waals surface area (Å²) in [7, 11) is 0. The van der Waals surface area contributed by atoms with E-state index in [1.54, 1.807) is 18.2 Å². The molecule has 5 heteroatoms. The summed E-state index contributed by atoms with van der Waals surface area (Å²) in [6, 6.07) is 13.0. The highest BCUT2D eigenvalue weighted by molar-refractivity contribution is 5.96. The summed E-state index contributed by atoms with van der Waals surface area (Å²) in [5, 5.41) is 2.80. The second-order valence-corrected chi connectivity index (χ2v) is 6.85. The minimum atomic E-state index is -0.245. The fourth-order valence-electron chi connectivity index (χ4n) is 2.68. The zero-order valence-electron chi connectivity index (χ0n) is 16.2. The summed E-state index contributed by atoms with van der Waals surface area (Å²) in [6.45, 7) is 4.22. The Morgan fingerprint density at radius 2 is 1.82 bits per heavy atom. The van der Waals surface area contributed by atoms with Crippen molar-refractivity contribution in [3.8, 4) is 11.5 Å². The Morgan fingerprint density at radius 3 is 2.50 bits per heavy atom. The molecule has 0 atom stereocenters. The van der Waals surface area contributed by atoms with Crippen LogP contribution in [0.5, 0.6) is 11.5 Å². The number of allylic oxidation sites excluding steroid dienone is 1. The van der Waals surface area contributed by atoms with Crippen LogP contribution in [0.15, 0.2) is 48.5 Å². The van der Waals surface area contributed by atoms with Gasteiger partial charge in [0.25, 0.3) is 5.91 Å². The first-order chi connectivity index (χ1) is 13.5. The lowest BCUT2D eigenvalue weighted by Gasteiger charge is -2.13. The van der Waals surface area contributed by atoms with Crippen LogP contribution in [-0.2, 0) is 9.59 Å². The third-order valence-corrected chi connectivity index (χ3v) is 4.38. The van der Waals surface area contributed by atoms with Crippen molar-refractivity contribution < 1.29 is 19.1 Å². The molecule has 2 aromatic carbocycles. The van der Waals surface area contributed by atoms with E-state index in [9.17, 15) is 9.59 Å². The predicted octanol–water partition coefficient (Wildman–Crippen LogP) is 4.40. The third-order valence-electron chi connectivity index (χ3n) is 4.38. The molecule has 1 amide bonds. The molecule has 146 valence electrons.